The number of fused-ring (bicyclic) bond motifs is 1. The highest BCUT2D eigenvalue weighted by Crippen LogP contribution is 2.46. The molecule has 4 rings (SSSR count). The Balaban J connectivity index is 1.62. The van der Waals surface area contributed by atoms with Gasteiger partial charge in [0.2, 0.25) is 0 Å². The summed E-state index contributed by atoms with van der Waals surface area (Å²) in [5.74, 6) is 0. The van der Waals surface area contributed by atoms with E-state index in [0.29, 0.717) is 5.41 Å². The number of hydrogen-bond acceptors (Lipinski definition) is 0. The molecular weight excluding hydrogens is 312 g/mol. The van der Waals surface area contributed by atoms with Crippen LogP contribution in [0.15, 0.2) is 48.0 Å². The van der Waals surface area contributed by atoms with Crippen LogP contribution >= 0.6 is 0 Å². The first kappa shape index (κ1) is 17.6. The molecule has 0 heteroatoms. The Morgan fingerprint density at radius 3 is 2.31 bits per heavy atom. The van der Waals surface area contributed by atoms with Crippen LogP contribution in [0.2, 0.25) is 0 Å². The van der Waals surface area contributed by atoms with Gasteiger partial charge in [-0.1, -0.05) is 98.7 Å². The predicted molar refractivity (Wildman–Crippen MR) is 113 cm³/mol. The van der Waals surface area contributed by atoms with Gasteiger partial charge in [-0.25, -0.2) is 0 Å². The second-order valence-electron chi connectivity index (χ2n) is 8.67. The lowest BCUT2D eigenvalue weighted by atomic mass is 9.73. The molecule has 0 aromatic heterocycles. The number of benzene rings is 2. The SMILES string of the molecule is CCC1(CC2=Cc3c(cccc3-c3ccc(C)cc3)C2)CCCCCC1. The van der Waals surface area contributed by atoms with Gasteiger partial charge in [-0.3, -0.25) is 0 Å². The van der Waals surface area contributed by atoms with Crippen LogP contribution in [0.5, 0.6) is 0 Å². The van der Waals surface area contributed by atoms with E-state index in [4.69, 9.17) is 0 Å². The fourth-order valence-electron chi connectivity index (χ4n) is 5.15. The maximum Gasteiger partial charge on any atom is -0.00574 e. The summed E-state index contributed by atoms with van der Waals surface area (Å²) in [5, 5.41) is 0. The minimum Gasteiger partial charge on any atom is -0.0648 e. The van der Waals surface area contributed by atoms with Crippen molar-refractivity contribution in [3.8, 4) is 11.1 Å². The monoisotopic (exact) mass is 344 g/mol. The molecule has 0 N–H and O–H groups in total. The van der Waals surface area contributed by atoms with E-state index in [1.807, 2.05) is 0 Å². The van der Waals surface area contributed by atoms with Crippen LogP contribution < -0.4 is 0 Å². The topological polar surface area (TPSA) is 0 Å². The van der Waals surface area contributed by atoms with Crippen LogP contribution in [0.4, 0.5) is 0 Å². The lowest BCUT2D eigenvalue weighted by molar-refractivity contribution is 0.230. The van der Waals surface area contributed by atoms with Crippen molar-refractivity contribution < 1.29 is 0 Å². The Bertz CT molecular complexity index is 783. The van der Waals surface area contributed by atoms with Gasteiger partial charge in [-0.05, 0) is 60.3 Å². The molecule has 1 saturated carbocycles. The van der Waals surface area contributed by atoms with Gasteiger partial charge >= 0.3 is 0 Å². The van der Waals surface area contributed by atoms with E-state index in [-0.39, 0.29) is 0 Å². The third-order valence-electron chi connectivity index (χ3n) is 6.84. The molecule has 0 nitrogen and oxygen atoms in total. The van der Waals surface area contributed by atoms with Gasteiger partial charge in [0.25, 0.3) is 0 Å². The molecule has 136 valence electrons. The number of allylic oxidation sites excluding steroid dienone is 1. The molecule has 0 radical (unpaired) electrons. The zero-order valence-corrected chi connectivity index (χ0v) is 16.5. The van der Waals surface area contributed by atoms with E-state index >= 15 is 0 Å². The van der Waals surface area contributed by atoms with E-state index in [0.717, 1.165) is 6.42 Å². The highest BCUT2D eigenvalue weighted by atomic mass is 14.4. The van der Waals surface area contributed by atoms with Crippen LogP contribution in [-0.2, 0) is 6.42 Å². The third kappa shape index (κ3) is 3.52. The van der Waals surface area contributed by atoms with Crippen molar-refractivity contribution >= 4 is 6.08 Å². The van der Waals surface area contributed by atoms with E-state index in [2.05, 4.69) is 62.4 Å². The normalized spacial score (nSPS) is 18.9. The van der Waals surface area contributed by atoms with Gasteiger partial charge in [0.15, 0.2) is 0 Å². The Morgan fingerprint density at radius 2 is 1.62 bits per heavy atom. The summed E-state index contributed by atoms with van der Waals surface area (Å²) >= 11 is 0. The van der Waals surface area contributed by atoms with Crippen LogP contribution in [0.1, 0.15) is 75.0 Å². The van der Waals surface area contributed by atoms with Crippen molar-refractivity contribution in [2.75, 3.05) is 0 Å². The van der Waals surface area contributed by atoms with Crippen molar-refractivity contribution in [1.82, 2.24) is 0 Å². The van der Waals surface area contributed by atoms with Crippen molar-refractivity contribution in [3.63, 3.8) is 0 Å². The van der Waals surface area contributed by atoms with Crippen LogP contribution in [-0.4, -0.2) is 0 Å². The fourth-order valence-corrected chi connectivity index (χ4v) is 5.15. The summed E-state index contributed by atoms with van der Waals surface area (Å²) in [6.45, 7) is 4.58. The molecule has 0 aliphatic heterocycles. The second-order valence-corrected chi connectivity index (χ2v) is 8.67. The lowest BCUT2D eigenvalue weighted by Gasteiger charge is -2.32. The zero-order chi connectivity index (χ0) is 18.0. The van der Waals surface area contributed by atoms with Crippen LogP contribution in [0.25, 0.3) is 17.2 Å². The molecule has 26 heavy (non-hydrogen) atoms. The summed E-state index contributed by atoms with van der Waals surface area (Å²) in [4.78, 5) is 0. The smallest absolute Gasteiger partial charge is 0.00574 e. The van der Waals surface area contributed by atoms with Crippen LogP contribution in [0.3, 0.4) is 0 Å². The molecule has 2 aromatic carbocycles. The van der Waals surface area contributed by atoms with Gasteiger partial charge in [0, 0.05) is 0 Å². The van der Waals surface area contributed by atoms with Gasteiger partial charge in [0.05, 0.1) is 0 Å². The lowest BCUT2D eigenvalue weighted by Crippen LogP contribution is -2.19. The Hall–Kier alpha value is -1.82. The average molecular weight is 345 g/mol. The Kier molecular flexibility index (Phi) is 5.02. The molecule has 0 heterocycles. The molecule has 0 saturated heterocycles. The molecule has 0 bridgehead atoms. The minimum absolute atomic E-state index is 0.564. The summed E-state index contributed by atoms with van der Waals surface area (Å²) in [6.07, 6.45) is 15.0. The Labute approximate surface area is 159 Å². The van der Waals surface area contributed by atoms with Crippen molar-refractivity contribution in [3.05, 3.63) is 64.7 Å². The number of hydrogen-bond donors (Lipinski definition) is 0. The van der Waals surface area contributed by atoms with Gasteiger partial charge in [0.1, 0.15) is 0 Å². The average Bonchev–Trinajstić information content (AvgIpc) is 2.92. The number of rotatable bonds is 4. The second kappa shape index (κ2) is 7.43. The highest BCUT2D eigenvalue weighted by molar-refractivity contribution is 5.80. The largest absolute Gasteiger partial charge is 0.0648 e. The summed E-state index contributed by atoms with van der Waals surface area (Å²) in [6, 6.07) is 15.9. The van der Waals surface area contributed by atoms with Crippen molar-refractivity contribution in [2.45, 2.75) is 71.6 Å². The zero-order valence-electron chi connectivity index (χ0n) is 16.5. The number of aryl methyl sites for hydroxylation is 1. The maximum absolute atomic E-state index is 2.53. The van der Waals surface area contributed by atoms with Crippen molar-refractivity contribution in [2.24, 2.45) is 5.41 Å². The first-order valence-corrected chi connectivity index (χ1v) is 10.6. The first-order valence-electron chi connectivity index (χ1n) is 10.6. The van der Waals surface area contributed by atoms with E-state index < -0.39 is 0 Å². The molecule has 2 aliphatic carbocycles. The first-order chi connectivity index (χ1) is 12.7. The third-order valence-corrected chi connectivity index (χ3v) is 6.84. The highest BCUT2D eigenvalue weighted by Gasteiger charge is 2.31. The Morgan fingerprint density at radius 1 is 0.885 bits per heavy atom. The molecule has 2 aromatic rings. The van der Waals surface area contributed by atoms with Crippen molar-refractivity contribution in [1.29, 1.82) is 0 Å². The van der Waals surface area contributed by atoms with E-state index in [1.165, 1.54) is 79.2 Å². The van der Waals surface area contributed by atoms with E-state index in [9.17, 15) is 0 Å². The van der Waals surface area contributed by atoms with Gasteiger partial charge < -0.3 is 0 Å². The predicted octanol–water partition coefficient (Wildman–Crippen LogP) is 7.74. The molecule has 0 unspecified atom stereocenters. The minimum atomic E-state index is 0.564. The molecule has 2 aliphatic rings. The van der Waals surface area contributed by atoms with Gasteiger partial charge in [-0.2, -0.15) is 0 Å². The standard InChI is InChI=1S/C26H32/c1-3-26(15-6-4-5-7-16-26)19-21-17-23-9-8-10-24(25(23)18-21)22-13-11-20(2)12-14-22/h8-14,18H,3-7,15-17,19H2,1-2H3. The van der Waals surface area contributed by atoms with Gasteiger partial charge in [-0.15, -0.1) is 0 Å². The molecule has 0 atom stereocenters. The maximum atomic E-state index is 2.53. The summed E-state index contributed by atoms with van der Waals surface area (Å²) in [5.41, 5.74) is 9.32. The molecule has 0 amide bonds. The molecular formula is C26H32. The summed E-state index contributed by atoms with van der Waals surface area (Å²) in [7, 11) is 0. The fraction of sp³-hybridized carbons (Fsp3) is 0.462. The quantitative estimate of drug-likeness (QED) is 0.497. The molecule has 1 fully saturated rings. The summed E-state index contributed by atoms with van der Waals surface area (Å²) < 4.78 is 0. The van der Waals surface area contributed by atoms with Crippen LogP contribution in [0, 0.1) is 12.3 Å². The van der Waals surface area contributed by atoms with E-state index in [1.54, 1.807) is 5.57 Å². The molecule has 0 spiro atoms.